The first kappa shape index (κ1) is 15.8. The molecule has 0 unspecified atom stereocenters. The minimum Gasteiger partial charge on any atom is -0.461 e. The van der Waals surface area contributed by atoms with Crippen LogP contribution in [0.25, 0.3) is 11.3 Å². The van der Waals surface area contributed by atoms with E-state index in [1.807, 2.05) is 30.3 Å². The van der Waals surface area contributed by atoms with Gasteiger partial charge in [0, 0.05) is 11.1 Å². The lowest BCUT2D eigenvalue weighted by molar-refractivity contribution is 0.0508. The minimum atomic E-state index is -0.698. The van der Waals surface area contributed by atoms with Crippen molar-refractivity contribution in [2.45, 2.75) is 20.8 Å². The van der Waals surface area contributed by atoms with Crippen LogP contribution in [0.4, 0.5) is 4.79 Å². The first-order valence-corrected chi connectivity index (χ1v) is 7.09. The van der Waals surface area contributed by atoms with Crippen LogP contribution >= 0.6 is 0 Å². The molecule has 6 nitrogen and oxygen atoms in total. The molecule has 0 aliphatic rings. The standard InChI is InChI=1S/C16H18N2O4/c1-4-21-15(19)14-11(3)13(12-9-7-6-8-10-12)17-18(14)16(20)22-5-2/h6-10H,4-5H2,1-3H3. The van der Waals surface area contributed by atoms with E-state index in [2.05, 4.69) is 5.10 Å². The maximum atomic E-state index is 12.1. The van der Waals surface area contributed by atoms with E-state index in [1.54, 1.807) is 20.8 Å². The summed E-state index contributed by atoms with van der Waals surface area (Å²) >= 11 is 0. The molecule has 0 aliphatic heterocycles. The zero-order valence-corrected chi connectivity index (χ0v) is 12.8. The van der Waals surface area contributed by atoms with Crippen LogP contribution in [-0.4, -0.2) is 35.1 Å². The summed E-state index contributed by atoms with van der Waals surface area (Å²) < 4.78 is 10.9. The summed E-state index contributed by atoms with van der Waals surface area (Å²) in [5.74, 6) is -0.595. The van der Waals surface area contributed by atoms with Gasteiger partial charge in [-0.2, -0.15) is 9.78 Å². The maximum absolute atomic E-state index is 12.1. The van der Waals surface area contributed by atoms with E-state index in [0.29, 0.717) is 11.3 Å². The Morgan fingerprint density at radius 1 is 1.09 bits per heavy atom. The molecule has 1 aromatic heterocycles. The van der Waals surface area contributed by atoms with Crippen molar-refractivity contribution in [1.82, 2.24) is 9.78 Å². The average molecular weight is 302 g/mol. The fraction of sp³-hybridized carbons (Fsp3) is 0.312. The molecule has 0 fully saturated rings. The second-order valence-electron chi connectivity index (χ2n) is 4.52. The smallest absolute Gasteiger partial charge is 0.435 e. The number of hydrogen-bond acceptors (Lipinski definition) is 5. The minimum absolute atomic E-state index is 0.0964. The number of esters is 1. The Bertz CT molecular complexity index is 677. The first-order chi connectivity index (χ1) is 10.6. The molecule has 1 heterocycles. The van der Waals surface area contributed by atoms with E-state index >= 15 is 0 Å². The van der Waals surface area contributed by atoms with E-state index in [-0.39, 0.29) is 18.9 Å². The molecule has 0 spiro atoms. The first-order valence-electron chi connectivity index (χ1n) is 7.09. The van der Waals surface area contributed by atoms with Crippen molar-refractivity contribution in [3.05, 3.63) is 41.6 Å². The molecule has 0 saturated carbocycles. The molecule has 1 aromatic carbocycles. The van der Waals surface area contributed by atoms with Crippen molar-refractivity contribution in [1.29, 1.82) is 0 Å². The number of rotatable bonds is 4. The quantitative estimate of drug-likeness (QED) is 0.812. The van der Waals surface area contributed by atoms with Gasteiger partial charge in [-0.15, -0.1) is 0 Å². The Morgan fingerprint density at radius 2 is 1.73 bits per heavy atom. The van der Waals surface area contributed by atoms with Gasteiger partial charge in [0.1, 0.15) is 0 Å². The second-order valence-corrected chi connectivity index (χ2v) is 4.52. The Hall–Kier alpha value is -2.63. The van der Waals surface area contributed by atoms with Crippen molar-refractivity contribution >= 4 is 12.1 Å². The van der Waals surface area contributed by atoms with E-state index in [0.717, 1.165) is 10.2 Å². The predicted molar refractivity (Wildman–Crippen MR) is 80.8 cm³/mol. The van der Waals surface area contributed by atoms with Gasteiger partial charge in [-0.25, -0.2) is 9.59 Å². The normalized spacial score (nSPS) is 10.3. The summed E-state index contributed by atoms with van der Waals surface area (Å²) in [6.45, 7) is 5.54. The number of ether oxygens (including phenoxy) is 2. The highest BCUT2D eigenvalue weighted by atomic mass is 16.6. The second kappa shape index (κ2) is 6.89. The summed E-state index contributed by atoms with van der Waals surface area (Å²) in [7, 11) is 0. The van der Waals surface area contributed by atoms with E-state index in [9.17, 15) is 9.59 Å². The third kappa shape index (κ3) is 3.00. The molecule has 0 atom stereocenters. The van der Waals surface area contributed by atoms with Crippen LogP contribution in [0.2, 0.25) is 0 Å². The van der Waals surface area contributed by atoms with Gasteiger partial charge in [0.2, 0.25) is 0 Å². The lowest BCUT2D eigenvalue weighted by Crippen LogP contribution is -2.22. The van der Waals surface area contributed by atoms with Gasteiger partial charge in [0.05, 0.1) is 18.9 Å². The molecular weight excluding hydrogens is 284 g/mol. The monoisotopic (exact) mass is 302 g/mol. The maximum Gasteiger partial charge on any atom is 0.435 e. The Kier molecular flexibility index (Phi) is 4.93. The number of carbonyl (C=O) groups excluding carboxylic acids is 2. The molecule has 22 heavy (non-hydrogen) atoms. The fourth-order valence-corrected chi connectivity index (χ4v) is 2.12. The number of carbonyl (C=O) groups is 2. The summed E-state index contributed by atoms with van der Waals surface area (Å²) in [5.41, 5.74) is 2.04. The van der Waals surface area contributed by atoms with E-state index in [4.69, 9.17) is 9.47 Å². The van der Waals surface area contributed by atoms with Gasteiger partial charge in [0.15, 0.2) is 5.69 Å². The van der Waals surface area contributed by atoms with Gasteiger partial charge >= 0.3 is 12.1 Å². The number of nitrogens with zero attached hydrogens (tertiary/aromatic N) is 2. The molecule has 0 saturated heterocycles. The van der Waals surface area contributed by atoms with Crippen LogP contribution < -0.4 is 0 Å². The number of hydrogen-bond donors (Lipinski definition) is 0. The molecule has 0 aliphatic carbocycles. The van der Waals surface area contributed by atoms with Crippen LogP contribution in [0.1, 0.15) is 29.9 Å². The van der Waals surface area contributed by atoms with Crippen molar-refractivity contribution in [2.24, 2.45) is 0 Å². The molecule has 2 aromatic rings. The molecule has 0 N–H and O–H groups in total. The number of aromatic nitrogens is 2. The van der Waals surface area contributed by atoms with Gasteiger partial charge in [-0.05, 0) is 20.8 Å². The topological polar surface area (TPSA) is 70.4 Å². The molecule has 6 heteroatoms. The number of benzene rings is 1. The summed E-state index contributed by atoms with van der Waals surface area (Å²) in [6.07, 6.45) is -0.698. The largest absolute Gasteiger partial charge is 0.461 e. The van der Waals surface area contributed by atoms with E-state index in [1.165, 1.54) is 0 Å². The fourth-order valence-electron chi connectivity index (χ4n) is 2.12. The van der Waals surface area contributed by atoms with Gasteiger partial charge < -0.3 is 9.47 Å². The highest BCUT2D eigenvalue weighted by Gasteiger charge is 2.26. The van der Waals surface area contributed by atoms with Crippen LogP contribution in [0.3, 0.4) is 0 Å². The Labute approximate surface area is 128 Å². The Morgan fingerprint density at radius 3 is 2.32 bits per heavy atom. The van der Waals surface area contributed by atoms with Gasteiger partial charge in [0.25, 0.3) is 0 Å². The molecule has 0 radical (unpaired) electrons. The lowest BCUT2D eigenvalue weighted by Gasteiger charge is -2.06. The van der Waals surface area contributed by atoms with Crippen molar-refractivity contribution in [3.63, 3.8) is 0 Å². The summed E-state index contributed by atoms with van der Waals surface area (Å²) in [6, 6.07) is 9.33. The van der Waals surface area contributed by atoms with Gasteiger partial charge in [-0.3, -0.25) is 0 Å². The highest BCUT2D eigenvalue weighted by Crippen LogP contribution is 2.25. The molecule has 0 amide bonds. The molecular formula is C16H18N2O4. The third-order valence-electron chi connectivity index (χ3n) is 3.08. The predicted octanol–water partition coefficient (Wildman–Crippen LogP) is 3.04. The zero-order valence-electron chi connectivity index (χ0n) is 12.8. The van der Waals surface area contributed by atoms with E-state index < -0.39 is 12.1 Å². The van der Waals surface area contributed by atoms with Crippen molar-refractivity contribution in [2.75, 3.05) is 13.2 Å². The third-order valence-corrected chi connectivity index (χ3v) is 3.08. The van der Waals surface area contributed by atoms with Crippen LogP contribution in [-0.2, 0) is 9.47 Å². The average Bonchev–Trinajstić information content (AvgIpc) is 2.86. The molecule has 116 valence electrons. The van der Waals surface area contributed by atoms with Crippen LogP contribution in [0.15, 0.2) is 30.3 Å². The van der Waals surface area contributed by atoms with Crippen LogP contribution in [0, 0.1) is 6.92 Å². The molecule has 0 bridgehead atoms. The van der Waals surface area contributed by atoms with Crippen molar-refractivity contribution in [3.8, 4) is 11.3 Å². The van der Waals surface area contributed by atoms with Gasteiger partial charge in [-0.1, -0.05) is 30.3 Å². The lowest BCUT2D eigenvalue weighted by atomic mass is 10.1. The zero-order chi connectivity index (χ0) is 16.1. The highest BCUT2D eigenvalue weighted by molar-refractivity contribution is 5.95. The van der Waals surface area contributed by atoms with Crippen LogP contribution in [0.5, 0.6) is 0 Å². The summed E-state index contributed by atoms with van der Waals surface area (Å²) in [5, 5.41) is 4.24. The van der Waals surface area contributed by atoms with Crippen molar-refractivity contribution < 1.29 is 19.1 Å². The Balaban J connectivity index is 2.56. The molecule has 2 rings (SSSR count). The SMILES string of the molecule is CCOC(=O)c1c(C)c(-c2ccccc2)nn1C(=O)OCC. The summed E-state index contributed by atoms with van der Waals surface area (Å²) in [4.78, 5) is 24.2.